The van der Waals surface area contributed by atoms with Gasteiger partial charge >= 0.3 is 0 Å². The number of hydrogen-bond donors (Lipinski definition) is 0. The number of carbonyl (C=O) groups is 1. The first-order chi connectivity index (χ1) is 11.1. The van der Waals surface area contributed by atoms with Crippen molar-refractivity contribution in [2.75, 3.05) is 0 Å². The Kier molecular flexibility index (Phi) is 6.72. The second kappa shape index (κ2) is 8.78. The first kappa shape index (κ1) is 17.6. The third-order valence-corrected chi connectivity index (χ3v) is 4.44. The van der Waals surface area contributed by atoms with Crippen LogP contribution in [0.2, 0.25) is 0 Å². The second-order valence-electron chi connectivity index (χ2n) is 5.67. The molecule has 0 saturated heterocycles. The molecule has 0 amide bonds. The fraction of sp³-hybridized carbons (Fsp3) is 0.263. The zero-order valence-corrected chi connectivity index (χ0v) is 14.9. The number of isothiocyanates is 1. The van der Waals surface area contributed by atoms with Crippen LogP contribution in [0.1, 0.15) is 30.6 Å². The average molecular weight is 342 g/mol. The largest absolute Gasteiger partial charge is 0.292 e. The highest BCUT2D eigenvalue weighted by atomic mass is 32.2. The second-order valence-corrected chi connectivity index (χ2v) is 7.00. The van der Waals surface area contributed by atoms with E-state index >= 15 is 0 Å². The topological polar surface area (TPSA) is 29.4 Å². The van der Waals surface area contributed by atoms with Gasteiger partial charge < -0.3 is 0 Å². The lowest BCUT2D eigenvalue weighted by Crippen LogP contribution is -2.20. The highest BCUT2D eigenvalue weighted by Gasteiger charge is 2.20. The zero-order valence-electron chi connectivity index (χ0n) is 13.2. The van der Waals surface area contributed by atoms with E-state index in [1.54, 1.807) is 11.8 Å². The summed E-state index contributed by atoms with van der Waals surface area (Å²) in [5.74, 6) is 0.385. The Hall–Kier alpha value is -1.74. The molecule has 2 rings (SSSR count). The molecule has 0 aromatic heterocycles. The van der Waals surface area contributed by atoms with Crippen LogP contribution in [0.4, 0.5) is 0 Å². The Labute approximate surface area is 147 Å². The number of benzene rings is 2. The molecule has 0 aliphatic rings. The Morgan fingerprint density at radius 1 is 1.09 bits per heavy atom. The van der Waals surface area contributed by atoms with Gasteiger partial charge in [0, 0.05) is 15.4 Å². The van der Waals surface area contributed by atoms with Gasteiger partial charge in [0.2, 0.25) is 0 Å². The highest BCUT2D eigenvalue weighted by molar-refractivity contribution is 7.99. The quantitative estimate of drug-likeness (QED) is 0.376. The lowest BCUT2D eigenvalue weighted by Gasteiger charge is -2.12. The molecule has 0 heterocycles. The molecule has 2 nitrogen and oxygen atoms in total. The van der Waals surface area contributed by atoms with E-state index in [1.165, 1.54) is 4.90 Å². The molecule has 118 valence electrons. The monoisotopic (exact) mass is 341 g/mol. The fourth-order valence-electron chi connectivity index (χ4n) is 2.23. The van der Waals surface area contributed by atoms with Crippen LogP contribution in [0.25, 0.3) is 0 Å². The minimum absolute atomic E-state index is 0.00677. The summed E-state index contributed by atoms with van der Waals surface area (Å²) in [6.07, 6.45) is 0.684. The van der Waals surface area contributed by atoms with Crippen LogP contribution in [0.5, 0.6) is 0 Å². The predicted molar refractivity (Wildman–Crippen MR) is 99.6 cm³/mol. The summed E-state index contributed by atoms with van der Waals surface area (Å²) in [4.78, 5) is 18.9. The van der Waals surface area contributed by atoms with E-state index in [4.69, 9.17) is 0 Å². The molecular formula is C19H19NOS2. The van der Waals surface area contributed by atoms with Crippen LogP contribution in [0.15, 0.2) is 69.4 Å². The summed E-state index contributed by atoms with van der Waals surface area (Å²) in [6, 6.07) is 17.4. The third kappa shape index (κ3) is 5.43. The van der Waals surface area contributed by atoms with Crippen molar-refractivity contribution in [1.82, 2.24) is 0 Å². The van der Waals surface area contributed by atoms with Crippen molar-refractivity contribution in [3.05, 3.63) is 60.2 Å². The minimum atomic E-state index is -0.430. The average Bonchev–Trinajstić information content (AvgIpc) is 2.55. The molecule has 1 unspecified atom stereocenters. The van der Waals surface area contributed by atoms with Crippen molar-refractivity contribution in [2.24, 2.45) is 10.9 Å². The van der Waals surface area contributed by atoms with Crippen molar-refractivity contribution in [1.29, 1.82) is 0 Å². The fourth-order valence-corrected chi connectivity index (χ4v) is 3.20. The molecule has 2 aromatic rings. The molecule has 4 heteroatoms. The van der Waals surface area contributed by atoms with E-state index in [9.17, 15) is 4.79 Å². The molecule has 1 atom stereocenters. The summed E-state index contributed by atoms with van der Waals surface area (Å²) in [6.45, 7) is 4.14. The van der Waals surface area contributed by atoms with Gasteiger partial charge in [-0.3, -0.25) is 4.79 Å². The lowest BCUT2D eigenvalue weighted by molar-refractivity contribution is 0.0952. The van der Waals surface area contributed by atoms with E-state index < -0.39 is 6.04 Å². The minimum Gasteiger partial charge on any atom is -0.292 e. The lowest BCUT2D eigenvalue weighted by atomic mass is 9.96. The van der Waals surface area contributed by atoms with E-state index in [0.717, 1.165) is 4.90 Å². The standard InChI is InChI=1S/C19H19NOS2/c1-14(2)12-18(20-13-22)19(21)15-8-10-17(11-9-15)23-16-6-4-3-5-7-16/h3-11,14,18H,12H2,1-2H3. The number of thiocarbonyl (C=S) groups is 1. The molecule has 0 fully saturated rings. The van der Waals surface area contributed by atoms with Crippen molar-refractivity contribution in [3.8, 4) is 0 Å². The maximum absolute atomic E-state index is 12.6. The number of nitrogens with zero attached hydrogens (tertiary/aromatic N) is 1. The van der Waals surface area contributed by atoms with Crippen LogP contribution < -0.4 is 0 Å². The molecule has 0 spiro atoms. The highest BCUT2D eigenvalue weighted by Crippen LogP contribution is 2.27. The number of Topliss-reactive ketones (excluding diaryl/α,β-unsaturated/α-hetero) is 1. The summed E-state index contributed by atoms with van der Waals surface area (Å²) >= 11 is 6.35. The summed E-state index contributed by atoms with van der Waals surface area (Å²) < 4.78 is 0. The molecule has 0 radical (unpaired) electrons. The Morgan fingerprint density at radius 3 is 2.26 bits per heavy atom. The van der Waals surface area contributed by atoms with Crippen LogP contribution in [-0.2, 0) is 0 Å². The zero-order chi connectivity index (χ0) is 16.7. The van der Waals surface area contributed by atoms with Gasteiger partial charge in [0.15, 0.2) is 5.78 Å². The smallest absolute Gasteiger partial charge is 0.188 e. The van der Waals surface area contributed by atoms with E-state index in [2.05, 4.69) is 48.4 Å². The Balaban J connectivity index is 2.11. The number of hydrogen-bond acceptors (Lipinski definition) is 4. The van der Waals surface area contributed by atoms with Crippen LogP contribution in [0.3, 0.4) is 0 Å². The van der Waals surface area contributed by atoms with Crippen molar-refractivity contribution in [3.63, 3.8) is 0 Å². The Bertz CT molecular complexity index is 689. The maximum atomic E-state index is 12.6. The van der Waals surface area contributed by atoms with Gasteiger partial charge in [-0.2, -0.15) is 0 Å². The molecule has 0 aliphatic carbocycles. The van der Waals surface area contributed by atoms with Crippen LogP contribution in [-0.4, -0.2) is 17.0 Å². The van der Waals surface area contributed by atoms with Crippen LogP contribution in [0, 0.1) is 5.92 Å². The van der Waals surface area contributed by atoms with Gasteiger partial charge in [0.05, 0.1) is 5.16 Å². The normalized spacial score (nSPS) is 11.8. The summed E-state index contributed by atoms with van der Waals surface area (Å²) in [5.41, 5.74) is 0.669. The number of carbonyl (C=O) groups excluding carboxylic acids is 1. The van der Waals surface area contributed by atoms with E-state index in [0.29, 0.717) is 17.9 Å². The molecule has 0 bridgehead atoms. The number of aliphatic imine (C=N–C) groups is 1. The van der Waals surface area contributed by atoms with Crippen molar-refractivity contribution >= 4 is 34.9 Å². The summed E-state index contributed by atoms with van der Waals surface area (Å²) in [7, 11) is 0. The SMILES string of the molecule is CC(C)CC(N=C=S)C(=O)c1ccc(Sc2ccccc2)cc1. The molecule has 23 heavy (non-hydrogen) atoms. The van der Waals surface area contributed by atoms with Gasteiger partial charge in [0.1, 0.15) is 6.04 Å². The van der Waals surface area contributed by atoms with Gasteiger partial charge in [-0.1, -0.05) is 55.9 Å². The Morgan fingerprint density at radius 2 is 1.70 bits per heavy atom. The van der Waals surface area contributed by atoms with E-state index in [-0.39, 0.29) is 5.78 Å². The summed E-state index contributed by atoms with van der Waals surface area (Å²) in [5, 5.41) is 2.35. The molecule has 2 aromatic carbocycles. The van der Waals surface area contributed by atoms with Crippen molar-refractivity contribution in [2.45, 2.75) is 36.1 Å². The molecule has 0 saturated carbocycles. The van der Waals surface area contributed by atoms with Gasteiger partial charge in [-0.05, 0) is 48.8 Å². The predicted octanol–water partition coefficient (Wildman–Crippen LogP) is 5.54. The van der Waals surface area contributed by atoms with Crippen molar-refractivity contribution < 1.29 is 4.79 Å². The molecule has 0 aliphatic heterocycles. The van der Waals surface area contributed by atoms with Gasteiger partial charge in [0.25, 0.3) is 0 Å². The number of ketones is 1. The van der Waals surface area contributed by atoms with Crippen LogP contribution >= 0.6 is 24.0 Å². The van der Waals surface area contributed by atoms with Gasteiger partial charge in [-0.15, -0.1) is 0 Å². The third-order valence-electron chi connectivity index (χ3n) is 3.32. The van der Waals surface area contributed by atoms with Gasteiger partial charge in [-0.25, -0.2) is 4.99 Å². The molecule has 0 N–H and O–H groups in total. The maximum Gasteiger partial charge on any atom is 0.188 e. The molecular weight excluding hydrogens is 322 g/mol. The first-order valence-electron chi connectivity index (χ1n) is 7.54. The first-order valence-corrected chi connectivity index (χ1v) is 8.76. The van der Waals surface area contributed by atoms with E-state index in [1.807, 2.05) is 42.5 Å². The number of rotatable bonds is 7.